The van der Waals surface area contributed by atoms with E-state index in [-0.39, 0.29) is 50.4 Å². The minimum atomic E-state index is -0.687. The first kappa shape index (κ1) is 26.5. The summed E-state index contributed by atoms with van der Waals surface area (Å²) in [5.41, 5.74) is 1.55. The van der Waals surface area contributed by atoms with Crippen molar-refractivity contribution in [3.8, 4) is 11.5 Å². The molecular formula is C26H18Cl2INO5S. The van der Waals surface area contributed by atoms with Crippen molar-refractivity contribution in [1.29, 1.82) is 0 Å². The number of hydrogen-bond donors (Lipinski definition) is 0. The fourth-order valence-corrected chi connectivity index (χ4v) is 5.04. The van der Waals surface area contributed by atoms with E-state index >= 15 is 0 Å². The second-order valence-corrected chi connectivity index (χ2v) is 10.6. The fraction of sp³-hybridized carbons (Fsp3) is 0.115. The monoisotopic (exact) mass is 653 g/mol. The van der Waals surface area contributed by atoms with Crippen molar-refractivity contribution in [2.24, 2.45) is 0 Å². The number of amides is 2. The van der Waals surface area contributed by atoms with Crippen LogP contribution in [0.15, 0.2) is 65.6 Å². The molecule has 1 heterocycles. The van der Waals surface area contributed by atoms with Crippen LogP contribution in [0.3, 0.4) is 0 Å². The third-order valence-electron chi connectivity index (χ3n) is 5.05. The second kappa shape index (κ2) is 11.7. The zero-order valence-corrected chi connectivity index (χ0v) is 23.3. The highest BCUT2D eigenvalue weighted by Crippen LogP contribution is 2.40. The molecule has 0 radical (unpaired) electrons. The molecule has 0 N–H and O–H groups in total. The van der Waals surface area contributed by atoms with Crippen LogP contribution in [0.25, 0.3) is 6.08 Å². The summed E-state index contributed by atoms with van der Waals surface area (Å²) in [6.45, 7) is 2.24. The van der Waals surface area contributed by atoms with Crippen LogP contribution in [0, 0.1) is 3.57 Å². The van der Waals surface area contributed by atoms with Crippen molar-refractivity contribution in [2.75, 3.05) is 6.61 Å². The lowest BCUT2D eigenvalue weighted by molar-refractivity contribution is -0.123. The number of nitrogens with zero attached hydrogens (tertiary/aromatic N) is 1. The number of rotatable bonds is 7. The normalized spacial score (nSPS) is 14.4. The van der Waals surface area contributed by atoms with E-state index in [9.17, 15) is 14.4 Å². The molecule has 3 aromatic rings. The summed E-state index contributed by atoms with van der Waals surface area (Å²) in [4.78, 5) is 39.6. The number of halogens is 3. The van der Waals surface area contributed by atoms with Crippen molar-refractivity contribution in [1.82, 2.24) is 4.90 Å². The first-order valence-corrected chi connectivity index (χ1v) is 13.3. The van der Waals surface area contributed by atoms with Gasteiger partial charge in [-0.05, 0) is 94.9 Å². The van der Waals surface area contributed by atoms with Gasteiger partial charge in [0.2, 0.25) is 0 Å². The van der Waals surface area contributed by atoms with E-state index < -0.39 is 11.9 Å². The number of thioether (sulfide) groups is 1. The maximum absolute atomic E-state index is 13.0. The van der Waals surface area contributed by atoms with Gasteiger partial charge in [-0.3, -0.25) is 14.5 Å². The van der Waals surface area contributed by atoms with E-state index in [2.05, 4.69) is 22.6 Å². The lowest BCUT2D eigenvalue weighted by Crippen LogP contribution is -2.27. The minimum absolute atomic E-state index is 0.0346. The summed E-state index contributed by atoms with van der Waals surface area (Å²) in [5, 5.41) is -0.00824. The standard InChI is InChI=1S/C26H18Cl2INO5S/c1-2-34-21-12-16(11-20(28)23(21)35-25(32)18-5-3-4-6-19(18)27)13-22-24(31)30(26(33)36-22)14-15-7-9-17(29)10-8-15/h3-13H,2,14H2,1H3/b22-13-. The first-order valence-electron chi connectivity index (χ1n) is 10.7. The van der Waals surface area contributed by atoms with Gasteiger partial charge in [0, 0.05) is 3.57 Å². The van der Waals surface area contributed by atoms with E-state index in [1.54, 1.807) is 43.3 Å². The molecule has 10 heteroatoms. The van der Waals surface area contributed by atoms with Gasteiger partial charge in [-0.1, -0.05) is 47.5 Å². The van der Waals surface area contributed by atoms with Crippen molar-refractivity contribution < 1.29 is 23.9 Å². The Labute approximate surface area is 235 Å². The van der Waals surface area contributed by atoms with Crippen LogP contribution < -0.4 is 9.47 Å². The molecule has 0 aliphatic carbocycles. The predicted molar refractivity (Wildman–Crippen MR) is 150 cm³/mol. The molecule has 1 saturated heterocycles. The number of benzene rings is 3. The van der Waals surface area contributed by atoms with Crippen molar-refractivity contribution in [3.63, 3.8) is 0 Å². The van der Waals surface area contributed by atoms with Crippen LogP contribution in [0.2, 0.25) is 10.0 Å². The summed E-state index contributed by atoms with van der Waals surface area (Å²) in [6, 6.07) is 17.2. The first-order chi connectivity index (χ1) is 17.3. The average molecular weight is 654 g/mol. The van der Waals surface area contributed by atoms with E-state index in [0.29, 0.717) is 5.56 Å². The van der Waals surface area contributed by atoms with Crippen LogP contribution in [0.5, 0.6) is 11.5 Å². The smallest absolute Gasteiger partial charge is 0.345 e. The fourth-order valence-electron chi connectivity index (χ4n) is 3.37. The predicted octanol–water partition coefficient (Wildman–Crippen LogP) is 7.45. The molecule has 6 nitrogen and oxygen atoms in total. The molecule has 36 heavy (non-hydrogen) atoms. The van der Waals surface area contributed by atoms with Crippen LogP contribution in [-0.2, 0) is 11.3 Å². The Morgan fingerprint density at radius 3 is 2.47 bits per heavy atom. The highest BCUT2D eigenvalue weighted by atomic mass is 127. The van der Waals surface area contributed by atoms with E-state index in [4.69, 9.17) is 32.7 Å². The second-order valence-electron chi connectivity index (χ2n) is 7.53. The Kier molecular flexibility index (Phi) is 8.61. The Hall–Kier alpha value is -2.53. The van der Waals surface area contributed by atoms with Gasteiger partial charge in [0.05, 0.1) is 33.7 Å². The molecule has 0 atom stereocenters. The largest absolute Gasteiger partial charge is 0.490 e. The number of carbonyl (C=O) groups is 3. The highest BCUT2D eigenvalue weighted by molar-refractivity contribution is 14.1. The van der Waals surface area contributed by atoms with Crippen LogP contribution in [0.4, 0.5) is 4.79 Å². The summed E-state index contributed by atoms with van der Waals surface area (Å²) in [5.74, 6) is -0.832. The van der Waals surface area contributed by atoms with Gasteiger partial charge in [-0.15, -0.1) is 0 Å². The zero-order chi connectivity index (χ0) is 25.8. The van der Waals surface area contributed by atoms with Crippen molar-refractivity contribution in [3.05, 3.63) is 95.9 Å². The number of hydrogen-bond acceptors (Lipinski definition) is 6. The van der Waals surface area contributed by atoms with E-state index in [1.165, 1.54) is 11.0 Å². The van der Waals surface area contributed by atoms with Crippen LogP contribution in [-0.4, -0.2) is 28.6 Å². The number of ether oxygens (including phenoxy) is 2. The lowest BCUT2D eigenvalue weighted by atomic mass is 10.1. The molecule has 0 aromatic heterocycles. The van der Waals surface area contributed by atoms with Gasteiger partial charge in [0.15, 0.2) is 11.5 Å². The number of esters is 1. The third-order valence-corrected chi connectivity index (χ3v) is 7.28. The molecule has 184 valence electrons. The van der Waals surface area contributed by atoms with E-state index in [1.807, 2.05) is 24.3 Å². The van der Waals surface area contributed by atoms with Gasteiger partial charge >= 0.3 is 5.97 Å². The molecule has 1 aliphatic heterocycles. The highest BCUT2D eigenvalue weighted by Gasteiger charge is 2.35. The van der Waals surface area contributed by atoms with Crippen LogP contribution in [0.1, 0.15) is 28.4 Å². The number of carbonyl (C=O) groups excluding carboxylic acids is 3. The SMILES string of the molecule is CCOc1cc(/C=C2\SC(=O)N(Cc3ccc(I)cc3)C2=O)cc(Cl)c1OC(=O)c1ccccc1Cl. The Bertz CT molecular complexity index is 1380. The van der Waals surface area contributed by atoms with E-state index in [0.717, 1.165) is 20.9 Å². The van der Waals surface area contributed by atoms with Gasteiger partial charge in [-0.2, -0.15) is 0 Å². The summed E-state index contributed by atoms with van der Waals surface area (Å²) in [6.07, 6.45) is 1.56. The van der Waals surface area contributed by atoms with Gasteiger partial charge in [0.25, 0.3) is 11.1 Å². The van der Waals surface area contributed by atoms with Gasteiger partial charge < -0.3 is 9.47 Å². The average Bonchev–Trinajstić information content (AvgIpc) is 3.10. The Morgan fingerprint density at radius 2 is 1.78 bits per heavy atom. The molecule has 1 fully saturated rings. The lowest BCUT2D eigenvalue weighted by Gasteiger charge is -2.14. The molecule has 0 unspecified atom stereocenters. The zero-order valence-electron chi connectivity index (χ0n) is 18.8. The molecule has 3 aromatic carbocycles. The summed E-state index contributed by atoms with van der Waals surface area (Å²) in [7, 11) is 0. The quantitative estimate of drug-likeness (QED) is 0.114. The van der Waals surface area contributed by atoms with Crippen molar-refractivity contribution >= 4 is 80.7 Å². The molecule has 0 spiro atoms. The molecule has 0 saturated carbocycles. The molecule has 4 rings (SSSR count). The van der Waals surface area contributed by atoms with Gasteiger partial charge in [-0.25, -0.2) is 4.79 Å². The summed E-state index contributed by atoms with van der Waals surface area (Å²) < 4.78 is 12.2. The van der Waals surface area contributed by atoms with Crippen molar-refractivity contribution in [2.45, 2.75) is 13.5 Å². The number of imide groups is 1. The molecule has 1 aliphatic rings. The third kappa shape index (κ3) is 6.05. The maximum Gasteiger partial charge on any atom is 0.345 e. The molecule has 2 amide bonds. The Balaban J connectivity index is 1.59. The van der Waals surface area contributed by atoms with Gasteiger partial charge in [0.1, 0.15) is 0 Å². The topological polar surface area (TPSA) is 72.9 Å². The van der Waals surface area contributed by atoms with Crippen LogP contribution >= 0.6 is 57.6 Å². The Morgan fingerprint density at radius 1 is 1.06 bits per heavy atom. The minimum Gasteiger partial charge on any atom is -0.490 e. The summed E-state index contributed by atoms with van der Waals surface area (Å²) >= 11 is 15.6. The molecular weight excluding hydrogens is 636 g/mol. The molecule has 0 bridgehead atoms. The maximum atomic E-state index is 13.0.